The molecule has 1 aliphatic heterocycles. The number of hydrogen-bond donors (Lipinski definition) is 1. The molecule has 1 heterocycles. The second-order valence-corrected chi connectivity index (χ2v) is 6.17. The molecule has 2 rings (SSSR count). The molecule has 0 radical (unpaired) electrons. The van der Waals surface area contributed by atoms with Crippen molar-refractivity contribution in [2.45, 2.75) is 64.5 Å². The number of nitrogens with zero attached hydrogens (tertiary/aromatic N) is 1. The Morgan fingerprint density at radius 2 is 1.95 bits per heavy atom. The van der Waals surface area contributed by atoms with Crippen LogP contribution in [0.4, 0.5) is 0 Å². The van der Waals surface area contributed by atoms with E-state index in [0.29, 0.717) is 6.04 Å². The van der Waals surface area contributed by atoms with Crippen molar-refractivity contribution in [3.63, 3.8) is 0 Å². The summed E-state index contributed by atoms with van der Waals surface area (Å²) in [6, 6.07) is 1.44. The minimum absolute atomic E-state index is 0.682. The van der Waals surface area contributed by atoms with Gasteiger partial charge in [-0.05, 0) is 32.1 Å². The molecule has 1 N–H and O–H groups in total. The van der Waals surface area contributed by atoms with Crippen LogP contribution in [0.5, 0.6) is 0 Å². The normalized spacial score (nSPS) is 30.6. The van der Waals surface area contributed by atoms with E-state index in [-0.39, 0.29) is 0 Å². The van der Waals surface area contributed by atoms with Gasteiger partial charge in [0, 0.05) is 38.3 Å². The van der Waals surface area contributed by atoms with Gasteiger partial charge in [-0.2, -0.15) is 0 Å². The standard InChI is InChI=1S/C16H32N2O/c1-3-15-13-18(10-11-19-4-2)16(12-17-15)14-8-6-5-7-9-14/h14-17H,3-13H2,1-2H3. The van der Waals surface area contributed by atoms with Gasteiger partial charge in [-0.1, -0.05) is 26.2 Å². The van der Waals surface area contributed by atoms with Crippen molar-refractivity contribution in [2.24, 2.45) is 5.92 Å². The Kier molecular flexibility index (Phi) is 6.62. The summed E-state index contributed by atoms with van der Waals surface area (Å²) in [5.74, 6) is 0.917. The molecule has 1 saturated heterocycles. The van der Waals surface area contributed by atoms with Gasteiger partial charge >= 0.3 is 0 Å². The van der Waals surface area contributed by atoms with Crippen molar-refractivity contribution in [2.75, 3.05) is 32.8 Å². The van der Waals surface area contributed by atoms with Gasteiger partial charge in [0.1, 0.15) is 0 Å². The lowest BCUT2D eigenvalue weighted by Crippen LogP contribution is -2.59. The molecule has 1 saturated carbocycles. The quantitative estimate of drug-likeness (QED) is 0.750. The monoisotopic (exact) mass is 268 g/mol. The van der Waals surface area contributed by atoms with Crippen LogP contribution in [0.2, 0.25) is 0 Å². The lowest BCUT2D eigenvalue weighted by atomic mass is 9.82. The van der Waals surface area contributed by atoms with Crippen molar-refractivity contribution in [3.8, 4) is 0 Å². The van der Waals surface area contributed by atoms with E-state index in [0.717, 1.165) is 31.7 Å². The van der Waals surface area contributed by atoms with Gasteiger partial charge in [0.05, 0.1) is 6.61 Å². The molecule has 0 aromatic rings. The molecule has 0 amide bonds. The van der Waals surface area contributed by atoms with Crippen molar-refractivity contribution in [1.82, 2.24) is 10.2 Å². The fourth-order valence-corrected chi connectivity index (χ4v) is 3.74. The molecule has 0 aromatic heterocycles. The average Bonchev–Trinajstić information content (AvgIpc) is 2.48. The van der Waals surface area contributed by atoms with Crippen molar-refractivity contribution in [1.29, 1.82) is 0 Å². The SMILES string of the molecule is CCOCCN1CC(CC)NCC1C1CCCCC1. The lowest BCUT2D eigenvalue weighted by Gasteiger charge is -2.45. The van der Waals surface area contributed by atoms with Gasteiger partial charge in [-0.25, -0.2) is 0 Å². The minimum atomic E-state index is 0.682. The first-order valence-corrected chi connectivity index (χ1v) is 8.40. The first kappa shape index (κ1) is 15.3. The highest BCUT2D eigenvalue weighted by Crippen LogP contribution is 2.30. The molecule has 1 aliphatic carbocycles. The van der Waals surface area contributed by atoms with Crippen molar-refractivity contribution in [3.05, 3.63) is 0 Å². The Hall–Kier alpha value is -0.120. The van der Waals surface area contributed by atoms with E-state index in [4.69, 9.17) is 4.74 Å². The third-order valence-corrected chi connectivity index (χ3v) is 4.95. The zero-order valence-corrected chi connectivity index (χ0v) is 12.9. The zero-order valence-electron chi connectivity index (χ0n) is 12.9. The van der Waals surface area contributed by atoms with E-state index in [1.807, 2.05) is 0 Å². The zero-order chi connectivity index (χ0) is 13.5. The van der Waals surface area contributed by atoms with Crippen molar-refractivity contribution < 1.29 is 4.74 Å². The van der Waals surface area contributed by atoms with Crippen LogP contribution in [0.1, 0.15) is 52.4 Å². The molecule has 2 aliphatic rings. The van der Waals surface area contributed by atoms with E-state index in [1.165, 1.54) is 51.6 Å². The highest BCUT2D eigenvalue weighted by molar-refractivity contribution is 4.90. The predicted molar refractivity (Wildman–Crippen MR) is 80.5 cm³/mol. The average molecular weight is 268 g/mol. The van der Waals surface area contributed by atoms with Crippen LogP contribution >= 0.6 is 0 Å². The topological polar surface area (TPSA) is 24.5 Å². The third kappa shape index (κ3) is 4.44. The molecule has 19 heavy (non-hydrogen) atoms. The maximum absolute atomic E-state index is 5.58. The Morgan fingerprint density at radius 1 is 1.16 bits per heavy atom. The number of hydrogen-bond acceptors (Lipinski definition) is 3. The van der Waals surface area contributed by atoms with Crippen LogP contribution in [0, 0.1) is 5.92 Å². The van der Waals surface area contributed by atoms with Gasteiger partial charge in [0.2, 0.25) is 0 Å². The first-order chi connectivity index (χ1) is 9.35. The molecule has 0 aromatic carbocycles. The second kappa shape index (κ2) is 8.23. The van der Waals surface area contributed by atoms with Crippen LogP contribution in [0.25, 0.3) is 0 Å². The number of ether oxygens (including phenoxy) is 1. The molecule has 3 heteroatoms. The fraction of sp³-hybridized carbons (Fsp3) is 1.00. The summed E-state index contributed by atoms with van der Waals surface area (Å²) in [5, 5.41) is 3.75. The summed E-state index contributed by atoms with van der Waals surface area (Å²) in [4.78, 5) is 2.72. The van der Waals surface area contributed by atoms with Gasteiger partial charge in [-0.3, -0.25) is 4.90 Å². The summed E-state index contributed by atoms with van der Waals surface area (Å²) in [6.45, 7) is 9.64. The maximum Gasteiger partial charge on any atom is 0.0593 e. The largest absolute Gasteiger partial charge is 0.380 e. The van der Waals surface area contributed by atoms with Crippen LogP contribution in [-0.4, -0.2) is 49.8 Å². The van der Waals surface area contributed by atoms with Gasteiger partial charge < -0.3 is 10.1 Å². The lowest BCUT2D eigenvalue weighted by molar-refractivity contribution is 0.0384. The maximum atomic E-state index is 5.58. The van der Waals surface area contributed by atoms with E-state index in [9.17, 15) is 0 Å². The predicted octanol–water partition coefficient (Wildman–Crippen LogP) is 2.66. The van der Waals surface area contributed by atoms with Gasteiger partial charge in [-0.15, -0.1) is 0 Å². The molecular weight excluding hydrogens is 236 g/mol. The molecule has 2 fully saturated rings. The van der Waals surface area contributed by atoms with E-state index in [1.54, 1.807) is 0 Å². The fourth-order valence-electron chi connectivity index (χ4n) is 3.74. The molecule has 0 bridgehead atoms. The molecule has 0 spiro atoms. The molecular formula is C16H32N2O. The number of piperazine rings is 1. The highest BCUT2D eigenvalue weighted by atomic mass is 16.5. The molecule has 2 atom stereocenters. The highest BCUT2D eigenvalue weighted by Gasteiger charge is 2.33. The molecule has 2 unspecified atom stereocenters. The third-order valence-electron chi connectivity index (χ3n) is 4.95. The molecule has 112 valence electrons. The number of rotatable bonds is 6. The Balaban J connectivity index is 1.89. The van der Waals surface area contributed by atoms with Crippen LogP contribution in [0.3, 0.4) is 0 Å². The van der Waals surface area contributed by atoms with Crippen LogP contribution in [-0.2, 0) is 4.74 Å². The first-order valence-electron chi connectivity index (χ1n) is 8.40. The number of nitrogens with one attached hydrogen (secondary N) is 1. The summed E-state index contributed by atoms with van der Waals surface area (Å²) < 4.78 is 5.58. The summed E-state index contributed by atoms with van der Waals surface area (Å²) >= 11 is 0. The van der Waals surface area contributed by atoms with Crippen molar-refractivity contribution >= 4 is 0 Å². The minimum Gasteiger partial charge on any atom is -0.380 e. The summed E-state index contributed by atoms with van der Waals surface area (Å²) in [6.07, 6.45) is 8.45. The Bertz CT molecular complexity index is 241. The van der Waals surface area contributed by atoms with E-state index < -0.39 is 0 Å². The van der Waals surface area contributed by atoms with Gasteiger partial charge in [0.15, 0.2) is 0 Å². The van der Waals surface area contributed by atoms with E-state index in [2.05, 4.69) is 24.1 Å². The summed E-state index contributed by atoms with van der Waals surface area (Å²) in [7, 11) is 0. The summed E-state index contributed by atoms with van der Waals surface area (Å²) in [5.41, 5.74) is 0. The van der Waals surface area contributed by atoms with Crippen LogP contribution in [0.15, 0.2) is 0 Å². The Labute approximate surface area is 119 Å². The smallest absolute Gasteiger partial charge is 0.0593 e. The molecule has 3 nitrogen and oxygen atoms in total. The van der Waals surface area contributed by atoms with E-state index >= 15 is 0 Å². The second-order valence-electron chi connectivity index (χ2n) is 6.17. The van der Waals surface area contributed by atoms with Gasteiger partial charge in [0.25, 0.3) is 0 Å². The van der Waals surface area contributed by atoms with Crippen LogP contribution < -0.4 is 5.32 Å². The Morgan fingerprint density at radius 3 is 2.63 bits per heavy atom.